The second-order valence-electron chi connectivity index (χ2n) is 5.26. The van der Waals surface area contributed by atoms with Crippen LogP contribution in [0.4, 0.5) is 0 Å². The highest BCUT2D eigenvalue weighted by Crippen LogP contribution is 2.20. The highest BCUT2D eigenvalue weighted by Gasteiger charge is 2.15. The van der Waals surface area contributed by atoms with Crippen molar-refractivity contribution in [2.24, 2.45) is 0 Å². The summed E-state index contributed by atoms with van der Waals surface area (Å²) in [6.07, 6.45) is 6.30. The van der Waals surface area contributed by atoms with Gasteiger partial charge in [-0.25, -0.2) is 0 Å². The van der Waals surface area contributed by atoms with Crippen molar-refractivity contribution in [2.45, 2.75) is 44.8 Å². The van der Waals surface area contributed by atoms with Crippen LogP contribution in [0.5, 0.6) is 0 Å². The van der Waals surface area contributed by atoms with Crippen LogP contribution in [0.3, 0.4) is 0 Å². The summed E-state index contributed by atoms with van der Waals surface area (Å²) in [7, 11) is 0. The van der Waals surface area contributed by atoms with E-state index in [0.29, 0.717) is 6.04 Å². The maximum atomic E-state index is 5.53. The first-order valence-corrected chi connectivity index (χ1v) is 6.83. The molecule has 0 saturated carbocycles. The summed E-state index contributed by atoms with van der Waals surface area (Å²) in [4.78, 5) is 0. The summed E-state index contributed by atoms with van der Waals surface area (Å²) in [6, 6.07) is 7.65. The zero-order valence-corrected chi connectivity index (χ0v) is 10.4. The molecule has 1 N–H and O–H groups in total. The van der Waals surface area contributed by atoms with Gasteiger partial charge in [-0.15, -0.1) is 0 Å². The third kappa shape index (κ3) is 2.70. The number of nitrogens with one attached hydrogen (secondary N) is 1. The van der Waals surface area contributed by atoms with Gasteiger partial charge in [-0.2, -0.15) is 0 Å². The largest absolute Gasteiger partial charge is 0.376 e. The molecule has 1 aromatic carbocycles. The van der Waals surface area contributed by atoms with E-state index >= 15 is 0 Å². The molecule has 1 unspecified atom stereocenters. The molecule has 2 aliphatic rings. The van der Waals surface area contributed by atoms with Crippen molar-refractivity contribution < 1.29 is 4.74 Å². The fraction of sp³-hybridized carbons (Fsp3) is 0.600. The van der Waals surface area contributed by atoms with E-state index in [1.165, 1.54) is 48.9 Å². The highest BCUT2D eigenvalue weighted by atomic mass is 16.5. The fourth-order valence-corrected chi connectivity index (χ4v) is 2.93. The van der Waals surface area contributed by atoms with Crippen molar-refractivity contribution in [3.8, 4) is 0 Å². The van der Waals surface area contributed by atoms with Gasteiger partial charge in [0.25, 0.3) is 0 Å². The van der Waals surface area contributed by atoms with Gasteiger partial charge in [0.1, 0.15) is 0 Å². The van der Waals surface area contributed by atoms with E-state index in [2.05, 4.69) is 23.5 Å². The number of hydrogen-bond donors (Lipinski definition) is 1. The quantitative estimate of drug-likeness (QED) is 0.844. The number of benzene rings is 1. The lowest BCUT2D eigenvalue weighted by Crippen LogP contribution is -2.35. The van der Waals surface area contributed by atoms with E-state index in [-0.39, 0.29) is 0 Å². The normalized spacial score (nSPS) is 24.4. The van der Waals surface area contributed by atoms with Gasteiger partial charge < -0.3 is 10.1 Å². The molecule has 2 nitrogen and oxygen atoms in total. The van der Waals surface area contributed by atoms with E-state index in [4.69, 9.17) is 4.74 Å². The molecule has 0 bridgehead atoms. The van der Waals surface area contributed by atoms with Gasteiger partial charge in [0.05, 0.1) is 13.2 Å². The van der Waals surface area contributed by atoms with Gasteiger partial charge in [-0.05, 0) is 48.9 Å². The Morgan fingerprint density at radius 3 is 3.12 bits per heavy atom. The minimum absolute atomic E-state index is 0.686. The maximum absolute atomic E-state index is 5.53. The maximum Gasteiger partial charge on any atom is 0.0719 e. The Labute approximate surface area is 103 Å². The third-order valence-electron chi connectivity index (χ3n) is 3.94. The van der Waals surface area contributed by atoms with Crippen LogP contribution >= 0.6 is 0 Å². The summed E-state index contributed by atoms with van der Waals surface area (Å²) in [5.74, 6) is 0. The minimum Gasteiger partial charge on any atom is -0.376 e. The van der Waals surface area contributed by atoms with Crippen molar-refractivity contribution in [2.75, 3.05) is 13.2 Å². The van der Waals surface area contributed by atoms with Crippen molar-refractivity contribution in [1.29, 1.82) is 0 Å². The van der Waals surface area contributed by atoms with Crippen LogP contribution in [0.2, 0.25) is 0 Å². The van der Waals surface area contributed by atoms with Crippen LogP contribution in [0.15, 0.2) is 18.2 Å². The molecule has 0 aliphatic carbocycles. The molecule has 0 radical (unpaired) electrons. The molecular formula is C15H21NO. The average molecular weight is 231 g/mol. The molecule has 92 valence electrons. The van der Waals surface area contributed by atoms with E-state index in [1.54, 1.807) is 0 Å². The van der Waals surface area contributed by atoms with Crippen LogP contribution < -0.4 is 5.32 Å². The smallest absolute Gasteiger partial charge is 0.0719 e. The van der Waals surface area contributed by atoms with Crippen LogP contribution in [-0.2, 0) is 24.2 Å². The lowest BCUT2D eigenvalue weighted by atomic mass is 9.94. The number of piperidine rings is 1. The lowest BCUT2D eigenvalue weighted by molar-refractivity contribution is 0.110. The van der Waals surface area contributed by atoms with E-state index in [1.807, 2.05) is 0 Å². The van der Waals surface area contributed by atoms with Crippen LogP contribution in [0.25, 0.3) is 0 Å². The van der Waals surface area contributed by atoms with Crippen molar-refractivity contribution in [3.05, 3.63) is 34.9 Å². The third-order valence-corrected chi connectivity index (χ3v) is 3.94. The summed E-state index contributed by atoms with van der Waals surface area (Å²) < 4.78 is 5.53. The van der Waals surface area contributed by atoms with Crippen LogP contribution in [0.1, 0.15) is 36.0 Å². The molecule has 1 fully saturated rings. The van der Waals surface area contributed by atoms with E-state index in [9.17, 15) is 0 Å². The standard InChI is InChI=1S/C15H21NO/c1-2-7-16-15(3-1)10-12-4-5-13-6-8-17-11-14(13)9-12/h4-5,9,15-16H,1-3,6-8,10-11H2. The van der Waals surface area contributed by atoms with Crippen molar-refractivity contribution in [3.63, 3.8) is 0 Å². The van der Waals surface area contributed by atoms with E-state index in [0.717, 1.165) is 19.6 Å². The van der Waals surface area contributed by atoms with Gasteiger partial charge in [0.15, 0.2) is 0 Å². The topological polar surface area (TPSA) is 21.3 Å². The van der Waals surface area contributed by atoms with Crippen LogP contribution in [0, 0.1) is 0 Å². The SMILES string of the molecule is c1cc2c(cc1CC1CCCCN1)COCC2. The highest BCUT2D eigenvalue weighted by molar-refractivity contribution is 5.33. The second-order valence-corrected chi connectivity index (χ2v) is 5.26. The molecule has 1 atom stereocenters. The first-order chi connectivity index (χ1) is 8.42. The summed E-state index contributed by atoms with van der Waals surface area (Å²) in [6.45, 7) is 2.89. The summed E-state index contributed by atoms with van der Waals surface area (Å²) >= 11 is 0. The predicted molar refractivity (Wildman–Crippen MR) is 69.1 cm³/mol. The second kappa shape index (κ2) is 5.19. The Hall–Kier alpha value is -0.860. The first-order valence-electron chi connectivity index (χ1n) is 6.83. The zero-order chi connectivity index (χ0) is 11.5. The fourth-order valence-electron chi connectivity index (χ4n) is 2.93. The van der Waals surface area contributed by atoms with Crippen molar-refractivity contribution >= 4 is 0 Å². The molecular weight excluding hydrogens is 210 g/mol. The Morgan fingerprint density at radius 1 is 1.24 bits per heavy atom. The molecule has 2 aliphatic heterocycles. The van der Waals surface area contributed by atoms with Gasteiger partial charge in [-0.3, -0.25) is 0 Å². The van der Waals surface area contributed by atoms with Gasteiger partial charge in [-0.1, -0.05) is 24.6 Å². The molecule has 0 amide bonds. The summed E-state index contributed by atoms with van der Waals surface area (Å²) in [5, 5.41) is 3.62. The molecule has 1 aromatic rings. The van der Waals surface area contributed by atoms with Crippen molar-refractivity contribution in [1.82, 2.24) is 5.32 Å². The monoisotopic (exact) mass is 231 g/mol. The minimum atomic E-state index is 0.686. The number of rotatable bonds is 2. The lowest BCUT2D eigenvalue weighted by Gasteiger charge is -2.24. The van der Waals surface area contributed by atoms with Gasteiger partial charge in [0, 0.05) is 6.04 Å². The predicted octanol–water partition coefficient (Wildman–Crippen LogP) is 2.44. The molecule has 2 heteroatoms. The Kier molecular flexibility index (Phi) is 3.44. The molecule has 3 rings (SSSR count). The number of ether oxygens (including phenoxy) is 1. The molecule has 0 spiro atoms. The van der Waals surface area contributed by atoms with E-state index < -0.39 is 0 Å². The molecule has 17 heavy (non-hydrogen) atoms. The van der Waals surface area contributed by atoms with Gasteiger partial charge in [0.2, 0.25) is 0 Å². The van der Waals surface area contributed by atoms with Gasteiger partial charge >= 0.3 is 0 Å². The number of hydrogen-bond acceptors (Lipinski definition) is 2. The molecule has 1 saturated heterocycles. The molecule has 0 aromatic heterocycles. The Morgan fingerprint density at radius 2 is 2.24 bits per heavy atom. The Bertz CT molecular complexity index is 383. The Balaban J connectivity index is 1.70. The molecule has 2 heterocycles. The zero-order valence-electron chi connectivity index (χ0n) is 10.4. The van der Waals surface area contributed by atoms with Crippen LogP contribution in [-0.4, -0.2) is 19.2 Å². The number of fused-ring (bicyclic) bond motifs is 1. The first kappa shape index (κ1) is 11.2. The average Bonchev–Trinajstić information content (AvgIpc) is 2.40. The summed E-state index contributed by atoms with van der Waals surface area (Å²) in [5.41, 5.74) is 4.36.